The Hall–Kier alpha value is -5.03. The zero-order chi connectivity index (χ0) is 28.3. The number of nitrogens with zero attached hydrogens (tertiary/aromatic N) is 3. The minimum atomic E-state index is -0.990. The third kappa shape index (κ3) is 7.58. The normalized spacial score (nSPS) is 9.90. The van der Waals surface area contributed by atoms with Crippen LogP contribution >= 0.6 is 0 Å². The van der Waals surface area contributed by atoms with Crippen LogP contribution in [0.4, 0.5) is 0 Å². The van der Waals surface area contributed by atoms with Crippen molar-refractivity contribution in [3.63, 3.8) is 0 Å². The molecule has 42 heavy (non-hydrogen) atoms. The summed E-state index contributed by atoms with van der Waals surface area (Å²) in [6, 6.07) is 47.7. The smallest absolute Gasteiger partial charge is 0.354 e. The summed E-state index contributed by atoms with van der Waals surface area (Å²) in [6.45, 7) is 0. The number of fused-ring (bicyclic) bond motifs is 2. The van der Waals surface area contributed by atoms with Gasteiger partial charge in [0.2, 0.25) is 0 Å². The van der Waals surface area contributed by atoms with Crippen LogP contribution in [0.5, 0.6) is 0 Å². The molecule has 6 heteroatoms. The van der Waals surface area contributed by atoms with Gasteiger partial charge in [0.15, 0.2) is 0 Å². The summed E-state index contributed by atoms with van der Waals surface area (Å²) in [5.41, 5.74) is 4.16. The number of pyridine rings is 3. The van der Waals surface area contributed by atoms with Crippen LogP contribution in [-0.4, -0.2) is 26.0 Å². The predicted octanol–water partition coefficient (Wildman–Crippen LogP) is 8.18. The summed E-state index contributed by atoms with van der Waals surface area (Å²) in [4.78, 5) is 22.6. The molecule has 207 valence electrons. The maximum absolute atomic E-state index is 10.1. The summed E-state index contributed by atoms with van der Waals surface area (Å²) in [6.07, 6.45) is 5.14. The van der Waals surface area contributed by atoms with Crippen molar-refractivity contribution in [1.82, 2.24) is 15.0 Å². The van der Waals surface area contributed by atoms with Crippen LogP contribution in [0.2, 0.25) is 0 Å². The molecule has 3 heterocycles. The Morgan fingerprint density at radius 1 is 0.524 bits per heavy atom. The molecule has 0 atom stereocenters. The van der Waals surface area contributed by atoms with Crippen molar-refractivity contribution in [2.45, 2.75) is 0 Å². The molecular formula is C36H25IrN3O2-2. The molecule has 1 N–H and O–H groups in total. The van der Waals surface area contributed by atoms with Gasteiger partial charge in [-0.05, 0) is 57.2 Å². The molecule has 0 amide bonds. The molecule has 0 unspecified atom stereocenters. The molecule has 0 fully saturated rings. The molecule has 0 aliphatic heterocycles. The van der Waals surface area contributed by atoms with Crippen LogP contribution in [0.25, 0.3) is 44.1 Å². The van der Waals surface area contributed by atoms with Gasteiger partial charge in [0.05, 0.1) is 0 Å². The van der Waals surface area contributed by atoms with E-state index in [-0.39, 0.29) is 25.8 Å². The molecule has 7 rings (SSSR count). The summed E-state index contributed by atoms with van der Waals surface area (Å²) in [5, 5.41) is 13.1. The van der Waals surface area contributed by atoms with E-state index in [0.717, 1.165) is 22.5 Å². The van der Waals surface area contributed by atoms with Crippen molar-refractivity contribution in [3.8, 4) is 22.5 Å². The molecular weight excluding hydrogens is 699 g/mol. The summed E-state index contributed by atoms with van der Waals surface area (Å²) in [5.74, 6) is -0.990. The SMILES string of the molecule is O=C(O)c1ccccn1.[Ir].[c-]1ccccc1-c1nccc2ccccc12.[c-]1ccccc1-c1nccc2ccccc12. The number of rotatable bonds is 3. The number of carboxylic acid groups (broad SMARTS) is 1. The van der Waals surface area contributed by atoms with Crippen LogP contribution in [0, 0.1) is 12.1 Å². The van der Waals surface area contributed by atoms with Crippen molar-refractivity contribution < 1.29 is 30.0 Å². The average Bonchev–Trinajstić information content (AvgIpc) is 3.06. The maximum atomic E-state index is 10.1. The Morgan fingerprint density at radius 2 is 1.00 bits per heavy atom. The standard InChI is InChI=1S/2C15H10N.C6H5NO2.Ir/c2*1-2-7-13(8-3-1)15-14-9-5-4-6-12(14)10-11-16-15;8-6(9)5-3-1-2-4-7-5;/h2*1-7,9-11H;1-4H,(H,8,9);/q2*-1;;. The van der Waals surface area contributed by atoms with Crippen LogP contribution < -0.4 is 0 Å². The zero-order valence-electron chi connectivity index (χ0n) is 22.4. The minimum absolute atomic E-state index is 0. The number of hydrogen-bond donors (Lipinski definition) is 1. The van der Waals surface area contributed by atoms with Gasteiger partial charge in [-0.15, -0.1) is 71.8 Å². The predicted molar refractivity (Wildman–Crippen MR) is 163 cm³/mol. The van der Waals surface area contributed by atoms with Gasteiger partial charge >= 0.3 is 5.97 Å². The summed E-state index contributed by atoms with van der Waals surface area (Å²) < 4.78 is 0. The Morgan fingerprint density at radius 3 is 1.40 bits per heavy atom. The number of benzene rings is 4. The van der Waals surface area contributed by atoms with Crippen LogP contribution in [0.15, 0.2) is 146 Å². The first kappa shape index (κ1) is 29.9. The van der Waals surface area contributed by atoms with E-state index >= 15 is 0 Å². The second-order valence-corrected chi connectivity index (χ2v) is 8.83. The molecule has 0 aliphatic rings. The van der Waals surface area contributed by atoms with Crippen molar-refractivity contribution in [2.24, 2.45) is 0 Å². The topological polar surface area (TPSA) is 76.0 Å². The van der Waals surface area contributed by atoms with Crippen LogP contribution in [-0.2, 0) is 20.1 Å². The second kappa shape index (κ2) is 15.1. The van der Waals surface area contributed by atoms with Crippen LogP contribution in [0.3, 0.4) is 0 Å². The number of carboxylic acids is 1. The third-order valence-corrected chi connectivity index (χ3v) is 6.16. The molecule has 0 saturated heterocycles. The van der Waals surface area contributed by atoms with E-state index in [4.69, 9.17) is 5.11 Å². The van der Waals surface area contributed by atoms with E-state index in [1.165, 1.54) is 33.8 Å². The molecule has 0 bridgehead atoms. The van der Waals surface area contributed by atoms with E-state index in [2.05, 4.69) is 51.4 Å². The monoisotopic (exact) mass is 724 g/mol. The van der Waals surface area contributed by atoms with Gasteiger partial charge < -0.3 is 15.1 Å². The Labute approximate surface area is 257 Å². The minimum Gasteiger partial charge on any atom is -0.477 e. The van der Waals surface area contributed by atoms with E-state index < -0.39 is 5.97 Å². The van der Waals surface area contributed by atoms with Gasteiger partial charge in [-0.25, -0.2) is 9.78 Å². The molecule has 3 aromatic heterocycles. The van der Waals surface area contributed by atoms with Crippen molar-refractivity contribution in [2.75, 3.05) is 0 Å². The summed E-state index contributed by atoms with van der Waals surface area (Å²) >= 11 is 0. The molecule has 7 aromatic rings. The summed E-state index contributed by atoms with van der Waals surface area (Å²) in [7, 11) is 0. The fourth-order valence-corrected chi connectivity index (χ4v) is 4.24. The van der Waals surface area contributed by atoms with E-state index in [9.17, 15) is 4.79 Å². The molecule has 0 spiro atoms. The molecule has 1 radical (unpaired) electrons. The van der Waals surface area contributed by atoms with Crippen molar-refractivity contribution >= 4 is 27.5 Å². The van der Waals surface area contributed by atoms with E-state index in [1.807, 2.05) is 97.3 Å². The van der Waals surface area contributed by atoms with Crippen molar-refractivity contribution in [3.05, 3.63) is 164 Å². The Balaban J connectivity index is 0.000000149. The Bertz CT molecular complexity index is 1740. The van der Waals surface area contributed by atoms with E-state index in [1.54, 1.807) is 12.1 Å². The van der Waals surface area contributed by atoms with Gasteiger partial charge in [-0.2, -0.15) is 0 Å². The molecule has 5 nitrogen and oxygen atoms in total. The first-order valence-corrected chi connectivity index (χ1v) is 13.0. The number of carbonyl (C=O) groups is 1. The first-order chi connectivity index (χ1) is 20.2. The van der Waals surface area contributed by atoms with Gasteiger partial charge in [0.25, 0.3) is 0 Å². The zero-order valence-corrected chi connectivity index (χ0v) is 24.8. The Kier molecular flexibility index (Phi) is 10.8. The van der Waals surface area contributed by atoms with Crippen LogP contribution in [0.1, 0.15) is 10.5 Å². The fraction of sp³-hybridized carbons (Fsp3) is 0. The van der Waals surface area contributed by atoms with Crippen molar-refractivity contribution in [1.29, 1.82) is 0 Å². The second-order valence-electron chi connectivity index (χ2n) is 8.83. The van der Waals surface area contributed by atoms with E-state index in [0.29, 0.717) is 0 Å². The third-order valence-electron chi connectivity index (χ3n) is 6.16. The maximum Gasteiger partial charge on any atom is 0.354 e. The fourth-order valence-electron chi connectivity index (χ4n) is 4.24. The quantitative estimate of drug-likeness (QED) is 0.186. The first-order valence-electron chi connectivity index (χ1n) is 13.0. The number of aromatic nitrogens is 3. The molecule has 4 aromatic carbocycles. The van der Waals surface area contributed by atoms with Gasteiger partial charge in [0, 0.05) is 38.7 Å². The van der Waals surface area contributed by atoms with Gasteiger partial charge in [-0.1, -0.05) is 54.6 Å². The van der Waals surface area contributed by atoms with Gasteiger partial charge in [-0.3, -0.25) is 0 Å². The average molecular weight is 724 g/mol. The number of hydrogen-bond acceptors (Lipinski definition) is 4. The number of aromatic carboxylic acids is 1. The molecule has 0 aliphatic carbocycles. The molecule has 0 saturated carbocycles. The van der Waals surface area contributed by atoms with Gasteiger partial charge in [0.1, 0.15) is 5.69 Å². The largest absolute Gasteiger partial charge is 0.477 e.